The fourth-order valence-corrected chi connectivity index (χ4v) is 15.8. The molecule has 0 amide bonds. The van der Waals surface area contributed by atoms with E-state index in [-0.39, 0.29) is 41.0 Å². The quantitative estimate of drug-likeness (QED) is 0.0471. The Morgan fingerprint density at radius 1 is 0.230 bits per heavy atom. The van der Waals surface area contributed by atoms with Crippen molar-refractivity contribution in [3.05, 3.63) is 71.8 Å². The highest BCUT2D eigenvalue weighted by Gasteiger charge is 2.37. The van der Waals surface area contributed by atoms with Gasteiger partial charge in [0.25, 0.3) is 0 Å². The molecular weight excluding hydrogens is 1480 g/mol. The van der Waals surface area contributed by atoms with Crippen molar-refractivity contribution in [1.82, 2.24) is 0 Å². The first-order chi connectivity index (χ1) is 54.2. The van der Waals surface area contributed by atoms with Crippen LogP contribution in [-0.2, 0) is 12.8 Å². The molecule has 2 rings (SSSR count). The maximum Gasteiger partial charge on any atom is 0.0545 e. The van der Waals surface area contributed by atoms with Gasteiger partial charge in [0, 0.05) is 5.41 Å². The fourth-order valence-electron chi connectivity index (χ4n) is 15.8. The molecule has 0 heterocycles. The predicted molar refractivity (Wildman–Crippen MR) is 564 cm³/mol. The van der Waals surface area contributed by atoms with Crippen LogP contribution < -0.4 is 0 Å². The predicted octanol–water partition coefficient (Wildman–Crippen LogP) is 40.6. The zero-order valence-electron chi connectivity index (χ0n) is 93.8. The smallest absolute Gasteiger partial charge is 0.0545 e. The van der Waals surface area contributed by atoms with E-state index in [1.807, 2.05) is 0 Å². The number of benzene rings is 2. The van der Waals surface area contributed by atoms with Gasteiger partial charge in [-0.2, -0.15) is 0 Å². The van der Waals surface area contributed by atoms with Gasteiger partial charge in [0.1, 0.15) is 0 Å². The third-order valence-electron chi connectivity index (χ3n) is 21.2. The molecule has 0 saturated heterocycles. The molecule has 3 heteroatoms. The van der Waals surface area contributed by atoms with Crippen molar-refractivity contribution >= 4 is 0 Å². The van der Waals surface area contributed by atoms with Crippen molar-refractivity contribution in [2.75, 3.05) is 13.2 Å². The summed E-state index contributed by atoms with van der Waals surface area (Å²) in [6.07, 6.45) is 48.7. The lowest BCUT2D eigenvalue weighted by Gasteiger charge is -2.40. The number of hydrogen-bond donors (Lipinski definition) is 3. The molecule has 0 bridgehead atoms. The Bertz CT molecular complexity index is 2560. The molecule has 1 atom stereocenters. The Labute approximate surface area is 774 Å². The molecule has 122 heavy (non-hydrogen) atoms. The van der Waals surface area contributed by atoms with Crippen LogP contribution in [0.3, 0.4) is 0 Å². The van der Waals surface area contributed by atoms with Crippen LogP contribution in [-0.4, -0.2) is 34.6 Å². The summed E-state index contributed by atoms with van der Waals surface area (Å²) < 4.78 is 0. The average Bonchev–Trinajstić information content (AvgIpc) is 0.830. The van der Waals surface area contributed by atoms with Crippen LogP contribution in [0.4, 0.5) is 0 Å². The molecule has 0 aliphatic carbocycles. The summed E-state index contributed by atoms with van der Waals surface area (Å²) in [6, 6.07) is 18.1. The third kappa shape index (κ3) is 114. The van der Waals surface area contributed by atoms with Gasteiger partial charge in [-0.05, 0) is 218 Å². The molecule has 1 unspecified atom stereocenters. The Hall–Kier alpha value is -1.94. The lowest BCUT2D eigenvalue weighted by Crippen LogP contribution is -2.37. The molecular formula is C119H236O3. The molecule has 0 aromatic heterocycles. The Morgan fingerprint density at radius 3 is 0.557 bits per heavy atom. The van der Waals surface area contributed by atoms with E-state index in [0.29, 0.717) is 70.4 Å². The molecule has 2 aromatic carbocycles. The van der Waals surface area contributed by atoms with Crippen molar-refractivity contribution in [1.29, 1.82) is 0 Å². The highest BCUT2D eigenvalue weighted by Crippen LogP contribution is 2.42. The lowest BCUT2D eigenvalue weighted by molar-refractivity contribution is -0.00983. The maximum atomic E-state index is 9.75. The van der Waals surface area contributed by atoms with E-state index in [2.05, 4.69) is 387 Å². The number of rotatable bonds is 36. The van der Waals surface area contributed by atoms with Crippen LogP contribution in [0.1, 0.15) is 568 Å². The standard InChI is InChI=1S/C22H30.C17H36.C16H34.C14H30.C13H28O2.C13H28.C12H26O.C12H24/c1-21(2,3)15-17-7-11-19(12-8-17)20-13-9-18(10-14-20)16-22(4,5)6;1-16(2,3)14-12-10-8-7-9-11-13-15-17(4,5)6;1-15(2,3)13-11-9-7-8-10-12-14-16(4,5)6;1-13(2,3)11-9-7-8-10-12-14(4,5)6;1-11(2,3)7-13(9-14,10-15)8-12(4,5)6;1-12(2,3)10-8-7-9-11-13(4,5)6;1-11(2,3)8-7-10(13)9-12(4,5)6;1-10(8-11(2,3)4)9-12(5,6)7/h7-14H,15-16H2,1-6H3;7-15H2,1-6H3;7-14H2,1-6H3;7-12H2,1-6H3;14-15H,7-10H2,1-6H3;7-11H2,1-6H3;10,13H,7-9H2,1-6H3;1,8-9H2,2-7H3. The van der Waals surface area contributed by atoms with E-state index in [4.69, 9.17) is 0 Å². The first kappa shape index (κ1) is 131. The molecule has 0 saturated carbocycles. The Balaban J connectivity index is -0.000000318. The first-order valence-corrected chi connectivity index (χ1v) is 50.9. The highest BCUT2D eigenvalue weighted by atomic mass is 16.3. The summed E-state index contributed by atoms with van der Waals surface area (Å²) in [4.78, 5) is 0. The molecule has 0 aliphatic heterocycles. The molecule has 2 aromatic rings. The van der Waals surface area contributed by atoms with E-state index in [1.54, 1.807) is 0 Å². The monoisotopic (exact) mass is 1710 g/mol. The third-order valence-corrected chi connectivity index (χ3v) is 21.2. The van der Waals surface area contributed by atoms with Crippen molar-refractivity contribution in [2.45, 2.75) is 576 Å². The normalized spacial score (nSPS) is 13.5. The second-order valence-corrected chi connectivity index (χ2v) is 58.5. The van der Waals surface area contributed by atoms with Gasteiger partial charge in [0.05, 0.1) is 19.3 Å². The van der Waals surface area contributed by atoms with Gasteiger partial charge in [-0.25, -0.2) is 0 Å². The van der Waals surface area contributed by atoms with Gasteiger partial charge in [-0.15, -0.1) is 0 Å². The largest absolute Gasteiger partial charge is 0.396 e. The second kappa shape index (κ2) is 60.9. The molecule has 3 N–H and O–H groups in total. The van der Waals surface area contributed by atoms with E-state index in [0.717, 1.165) is 57.8 Å². The molecule has 0 aliphatic rings. The minimum Gasteiger partial charge on any atom is -0.396 e. The molecule has 0 spiro atoms. The van der Waals surface area contributed by atoms with E-state index in [9.17, 15) is 15.3 Å². The van der Waals surface area contributed by atoms with E-state index < -0.39 is 0 Å². The topological polar surface area (TPSA) is 60.7 Å². The van der Waals surface area contributed by atoms with Crippen LogP contribution in [0, 0.1) is 92.1 Å². The minimum absolute atomic E-state index is 0.0675. The Kier molecular flexibility index (Phi) is 65.3. The summed E-state index contributed by atoms with van der Waals surface area (Å²) in [5.41, 5.74) is 13.1. The van der Waals surface area contributed by atoms with Crippen LogP contribution >= 0.6 is 0 Å². The van der Waals surface area contributed by atoms with E-state index >= 15 is 0 Å². The van der Waals surface area contributed by atoms with Crippen molar-refractivity contribution in [3.8, 4) is 11.1 Å². The van der Waals surface area contributed by atoms with E-state index in [1.165, 1.54) is 208 Å². The number of allylic oxidation sites excluding steroid dienone is 1. The molecule has 730 valence electrons. The zero-order chi connectivity index (χ0) is 97.2. The lowest BCUT2D eigenvalue weighted by atomic mass is 9.67. The van der Waals surface area contributed by atoms with Gasteiger partial charge in [-0.1, -0.05) is 521 Å². The van der Waals surface area contributed by atoms with Crippen molar-refractivity contribution < 1.29 is 15.3 Å². The summed E-state index contributed by atoms with van der Waals surface area (Å²) in [5.74, 6) is 0. The van der Waals surface area contributed by atoms with Gasteiger partial charge in [0.2, 0.25) is 0 Å². The van der Waals surface area contributed by atoms with Crippen LogP contribution in [0.25, 0.3) is 11.1 Å². The second-order valence-electron chi connectivity index (χ2n) is 58.5. The van der Waals surface area contributed by atoms with Crippen LogP contribution in [0.5, 0.6) is 0 Å². The molecule has 3 nitrogen and oxygen atoms in total. The van der Waals surface area contributed by atoms with Crippen molar-refractivity contribution in [3.63, 3.8) is 0 Å². The highest BCUT2D eigenvalue weighted by molar-refractivity contribution is 5.64. The van der Waals surface area contributed by atoms with Gasteiger partial charge >= 0.3 is 0 Å². The maximum absolute atomic E-state index is 9.75. The van der Waals surface area contributed by atoms with Gasteiger partial charge in [0.15, 0.2) is 0 Å². The zero-order valence-corrected chi connectivity index (χ0v) is 93.8. The SMILES string of the molecule is C=C(CC(C)(C)C)CC(C)(C)C.CC(C)(C)CC(CO)(CO)CC(C)(C)C.CC(C)(C)CCC(O)CC(C)(C)C.CC(C)(C)CCCCCC(C)(C)C.CC(C)(C)CCCCCCC(C)(C)C.CC(C)(C)CCCCCCCCC(C)(C)C.CC(C)(C)CCCCCCCCCC(C)(C)C.CC(C)(C)Cc1ccc(-c2ccc(CC(C)(C)C)cc2)cc1. The number of aliphatic hydroxyl groups excluding tert-OH is 3. The number of unbranched alkanes of at least 4 members (excludes halogenated alkanes) is 16. The van der Waals surface area contributed by atoms with Crippen LogP contribution in [0.15, 0.2) is 60.7 Å². The summed E-state index contributed by atoms with van der Waals surface area (Å²) in [5, 5.41) is 28.8. The van der Waals surface area contributed by atoms with Crippen molar-refractivity contribution in [2.24, 2.45) is 92.1 Å². The average molecular weight is 1720 g/mol. The number of aliphatic hydroxyl groups is 3. The summed E-state index contributed by atoms with van der Waals surface area (Å²) in [6.45, 7) is 114. The Morgan fingerprint density at radius 2 is 0.410 bits per heavy atom. The van der Waals surface area contributed by atoms with Gasteiger partial charge < -0.3 is 15.3 Å². The summed E-state index contributed by atoms with van der Waals surface area (Å²) in [7, 11) is 0. The molecule has 0 radical (unpaired) electrons. The van der Waals surface area contributed by atoms with Gasteiger partial charge in [-0.3, -0.25) is 0 Å². The molecule has 0 fully saturated rings. The summed E-state index contributed by atoms with van der Waals surface area (Å²) >= 11 is 0. The fraction of sp³-hybridized carbons (Fsp3) is 0.882. The number of hydrogen-bond acceptors (Lipinski definition) is 3. The minimum atomic E-state index is -0.337. The van der Waals surface area contributed by atoms with Crippen LogP contribution in [0.2, 0.25) is 0 Å². The first-order valence-electron chi connectivity index (χ1n) is 50.9.